The van der Waals surface area contributed by atoms with Crippen LogP contribution in [0, 0.1) is 19.8 Å². The maximum Gasteiger partial charge on any atom is 0.337 e. The normalized spacial score (nSPS) is 14.8. The van der Waals surface area contributed by atoms with Crippen LogP contribution in [0.15, 0.2) is 65.6 Å². The van der Waals surface area contributed by atoms with E-state index in [-0.39, 0.29) is 16.6 Å². The molecule has 0 bridgehead atoms. The summed E-state index contributed by atoms with van der Waals surface area (Å²) in [5, 5.41) is 14.8. The summed E-state index contributed by atoms with van der Waals surface area (Å²) in [7, 11) is 0. The minimum absolute atomic E-state index is 0.0288. The van der Waals surface area contributed by atoms with Gasteiger partial charge in [-0.15, -0.1) is 0 Å². The van der Waals surface area contributed by atoms with Crippen molar-refractivity contribution in [1.82, 2.24) is 19.7 Å². The van der Waals surface area contributed by atoms with Crippen LogP contribution in [0.3, 0.4) is 0 Å². The average molecular weight is 527 g/mol. The van der Waals surface area contributed by atoms with Gasteiger partial charge in [-0.2, -0.15) is 0 Å². The van der Waals surface area contributed by atoms with E-state index < -0.39 is 5.97 Å². The van der Waals surface area contributed by atoms with Gasteiger partial charge in [0, 0.05) is 40.7 Å². The molecule has 6 rings (SSSR count). The van der Waals surface area contributed by atoms with E-state index in [9.17, 15) is 9.90 Å². The third-order valence-electron chi connectivity index (χ3n) is 7.64. The van der Waals surface area contributed by atoms with E-state index in [1.807, 2.05) is 44.4 Å². The van der Waals surface area contributed by atoms with Crippen molar-refractivity contribution in [1.29, 1.82) is 0 Å². The Bertz CT molecular complexity index is 1630. The number of halogens is 1. The Hall–Kier alpha value is -3.97. The van der Waals surface area contributed by atoms with Crippen LogP contribution in [-0.4, -0.2) is 30.8 Å². The second-order valence-electron chi connectivity index (χ2n) is 9.99. The highest BCUT2D eigenvalue weighted by Crippen LogP contribution is 2.43. The van der Waals surface area contributed by atoms with Crippen LogP contribution in [0.1, 0.15) is 59.2 Å². The molecule has 1 aliphatic carbocycles. The Kier molecular flexibility index (Phi) is 6.24. The van der Waals surface area contributed by atoms with Crippen LogP contribution in [0.25, 0.3) is 33.3 Å². The van der Waals surface area contributed by atoms with Crippen molar-refractivity contribution in [3.8, 4) is 22.3 Å². The molecule has 8 heteroatoms. The Labute approximate surface area is 225 Å². The Morgan fingerprint density at radius 2 is 1.92 bits per heavy atom. The first-order chi connectivity index (χ1) is 18.4. The van der Waals surface area contributed by atoms with Crippen LogP contribution < -0.4 is 0 Å². The number of carboxylic acids is 1. The first-order valence-electron chi connectivity index (χ1n) is 12.8. The number of pyridine rings is 2. The summed E-state index contributed by atoms with van der Waals surface area (Å²) in [6.45, 7) is 3.82. The maximum atomic E-state index is 11.6. The third kappa shape index (κ3) is 4.17. The average Bonchev–Trinajstić information content (AvgIpc) is 3.64. The number of hydrogen-bond acceptors (Lipinski definition) is 5. The van der Waals surface area contributed by atoms with Gasteiger partial charge in [0.1, 0.15) is 11.4 Å². The predicted molar refractivity (Wildman–Crippen MR) is 146 cm³/mol. The standard InChI is InChI=1S/C30H27ClN4O3/c1-17-27(18(2)38-34-17)21-13-23-24(20-10-11-22(30(36)37)25(31)14-20)16-35(29(23)33-15-21)28(19-7-3-4-8-19)26-9-5-6-12-32-26/h5-6,9-16,19,28H,3-4,7-8H2,1-2H3,(H,36,37). The molecule has 38 heavy (non-hydrogen) atoms. The minimum atomic E-state index is -1.05. The van der Waals surface area contributed by atoms with Crippen LogP contribution in [0.2, 0.25) is 5.02 Å². The van der Waals surface area contributed by atoms with Gasteiger partial charge in [0.25, 0.3) is 0 Å². The van der Waals surface area contributed by atoms with Crippen LogP contribution in [0.5, 0.6) is 0 Å². The fourth-order valence-corrected chi connectivity index (χ4v) is 6.16. The van der Waals surface area contributed by atoms with Gasteiger partial charge < -0.3 is 14.2 Å². The van der Waals surface area contributed by atoms with Crippen LogP contribution in [-0.2, 0) is 0 Å². The van der Waals surface area contributed by atoms with Crippen molar-refractivity contribution in [2.45, 2.75) is 45.6 Å². The highest BCUT2D eigenvalue weighted by molar-refractivity contribution is 6.33. The number of carboxylic acid groups (broad SMARTS) is 1. The molecule has 4 aromatic heterocycles. The molecule has 1 N–H and O–H groups in total. The number of aromatic nitrogens is 4. The summed E-state index contributed by atoms with van der Waals surface area (Å²) < 4.78 is 7.68. The molecule has 1 aromatic carbocycles. The second kappa shape index (κ2) is 9.72. The van der Waals surface area contributed by atoms with E-state index in [4.69, 9.17) is 26.1 Å². The van der Waals surface area contributed by atoms with E-state index in [2.05, 4.69) is 28.1 Å². The quantitative estimate of drug-likeness (QED) is 0.246. The predicted octanol–water partition coefficient (Wildman–Crippen LogP) is 7.50. The van der Waals surface area contributed by atoms with Crippen LogP contribution >= 0.6 is 11.6 Å². The molecule has 7 nitrogen and oxygen atoms in total. The molecule has 1 saturated carbocycles. The lowest BCUT2D eigenvalue weighted by molar-refractivity contribution is 0.0697. The minimum Gasteiger partial charge on any atom is -0.478 e. The SMILES string of the molecule is Cc1noc(C)c1-c1cnc2c(c1)c(-c1ccc(C(=O)O)c(Cl)c1)cn2C(c1ccccn1)C1CCCC1. The van der Waals surface area contributed by atoms with Gasteiger partial charge in [0.2, 0.25) is 0 Å². The molecule has 0 radical (unpaired) electrons. The zero-order chi connectivity index (χ0) is 26.4. The molecule has 1 atom stereocenters. The molecule has 1 aliphatic rings. The number of aromatic carboxylic acids is 1. The number of hydrogen-bond donors (Lipinski definition) is 1. The molecule has 1 unspecified atom stereocenters. The molecule has 5 aromatic rings. The number of aryl methyl sites for hydroxylation is 2. The van der Waals surface area contributed by atoms with Crippen molar-refractivity contribution in [2.75, 3.05) is 0 Å². The highest BCUT2D eigenvalue weighted by Gasteiger charge is 2.31. The van der Waals surface area contributed by atoms with E-state index in [1.165, 1.54) is 12.8 Å². The van der Waals surface area contributed by atoms with Crippen molar-refractivity contribution in [3.63, 3.8) is 0 Å². The van der Waals surface area contributed by atoms with Gasteiger partial charge in [0.15, 0.2) is 0 Å². The molecule has 0 amide bonds. The Morgan fingerprint density at radius 3 is 2.58 bits per heavy atom. The molecule has 0 aliphatic heterocycles. The monoisotopic (exact) mass is 526 g/mol. The summed E-state index contributed by atoms with van der Waals surface area (Å²) in [5.74, 6) is 0.119. The lowest BCUT2D eigenvalue weighted by Crippen LogP contribution is -2.19. The molecular formula is C30H27ClN4O3. The van der Waals surface area contributed by atoms with Gasteiger partial charge >= 0.3 is 5.97 Å². The zero-order valence-electron chi connectivity index (χ0n) is 21.2. The second-order valence-corrected chi connectivity index (χ2v) is 10.4. The van der Waals surface area contributed by atoms with Crippen LogP contribution in [0.4, 0.5) is 0 Å². The molecular weight excluding hydrogens is 500 g/mol. The highest BCUT2D eigenvalue weighted by atomic mass is 35.5. The summed E-state index contributed by atoms with van der Waals surface area (Å²) >= 11 is 6.41. The number of carbonyl (C=O) groups is 1. The fourth-order valence-electron chi connectivity index (χ4n) is 5.90. The maximum absolute atomic E-state index is 11.6. The number of nitrogens with zero attached hydrogens (tertiary/aromatic N) is 4. The van der Waals surface area contributed by atoms with Crippen molar-refractivity contribution in [2.24, 2.45) is 5.92 Å². The van der Waals surface area contributed by atoms with Gasteiger partial charge in [-0.05, 0) is 68.5 Å². The lowest BCUT2D eigenvalue weighted by atomic mass is 9.94. The summed E-state index contributed by atoms with van der Waals surface area (Å²) in [4.78, 5) is 21.3. The zero-order valence-corrected chi connectivity index (χ0v) is 21.9. The van der Waals surface area contributed by atoms with Gasteiger partial charge in [-0.3, -0.25) is 4.98 Å². The molecule has 0 saturated heterocycles. The molecule has 0 spiro atoms. The van der Waals surface area contributed by atoms with E-state index in [1.54, 1.807) is 12.1 Å². The smallest absolute Gasteiger partial charge is 0.337 e. The number of rotatable bonds is 6. The van der Waals surface area contributed by atoms with Crippen molar-refractivity contribution < 1.29 is 14.4 Å². The van der Waals surface area contributed by atoms with Gasteiger partial charge in [-0.1, -0.05) is 41.7 Å². The first-order valence-corrected chi connectivity index (χ1v) is 13.2. The third-order valence-corrected chi connectivity index (χ3v) is 7.95. The van der Waals surface area contributed by atoms with Gasteiger partial charge in [-0.25, -0.2) is 9.78 Å². The molecule has 1 fully saturated rings. The summed E-state index contributed by atoms with van der Waals surface area (Å²) in [5.41, 5.74) is 6.33. The lowest BCUT2D eigenvalue weighted by Gasteiger charge is -2.25. The number of benzene rings is 1. The van der Waals surface area contributed by atoms with E-state index in [0.29, 0.717) is 5.92 Å². The fraction of sp³-hybridized carbons (Fsp3) is 0.267. The van der Waals surface area contributed by atoms with Gasteiger partial charge in [0.05, 0.1) is 28.0 Å². The topological polar surface area (TPSA) is 94.0 Å². The number of fused-ring (bicyclic) bond motifs is 1. The van der Waals surface area contributed by atoms with E-state index >= 15 is 0 Å². The Morgan fingerprint density at radius 1 is 1.11 bits per heavy atom. The summed E-state index contributed by atoms with van der Waals surface area (Å²) in [6.07, 6.45) is 10.5. The molecule has 192 valence electrons. The van der Waals surface area contributed by atoms with E-state index in [0.717, 1.165) is 63.3 Å². The Balaban J connectivity index is 1.61. The molecule has 4 heterocycles. The first kappa shape index (κ1) is 24.4. The van der Waals surface area contributed by atoms with Crippen molar-refractivity contribution >= 4 is 28.6 Å². The summed E-state index contributed by atoms with van der Waals surface area (Å²) in [6, 6.07) is 13.3. The largest absolute Gasteiger partial charge is 0.478 e. The van der Waals surface area contributed by atoms with Crippen molar-refractivity contribution in [3.05, 3.63) is 88.8 Å².